The van der Waals surface area contributed by atoms with E-state index in [1.807, 2.05) is 24.3 Å². The Morgan fingerprint density at radius 3 is 2.19 bits per heavy atom. The number of nitrogens with one attached hydrogen (secondary N) is 1. The number of hydrogen-bond acceptors (Lipinski definition) is 9. The van der Waals surface area contributed by atoms with E-state index in [1.54, 1.807) is 46.3 Å². The van der Waals surface area contributed by atoms with Gasteiger partial charge in [0.25, 0.3) is 0 Å². The van der Waals surface area contributed by atoms with E-state index in [9.17, 15) is 4.79 Å². The second-order valence-corrected chi connectivity index (χ2v) is 8.54. The fourth-order valence-corrected chi connectivity index (χ4v) is 5.05. The molecule has 0 amide bonds. The van der Waals surface area contributed by atoms with Gasteiger partial charge in [0.05, 0.1) is 35.5 Å². The quantitative estimate of drug-likeness (QED) is 0.528. The number of rotatable bonds is 7. The second-order valence-electron chi connectivity index (χ2n) is 8.54. The van der Waals surface area contributed by atoms with Crippen LogP contribution in [0, 0.1) is 0 Å². The van der Waals surface area contributed by atoms with Gasteiger partial charge in [0.2, 0.25) is 5.95 Å². The normalized spacial score (nSPS) is 18.6. The number of ether oxygens (including phenoxy) is 5. The fraction of sp³-hybridized carbons (Fsp3) is 0.346. The van der Waals surface area contributed by atoms with Crippen LogP contribution in [-0.2, 0) is 4.79 Å². The van der Waals surface area contributed by atoms with Gasteiger partial charge in [-0.25, -0.2) is 4.68 Å². The van der Waals surface area contributed by atoms with Crippen molar-refractivity contribution in [3.8, 4) is 28.7 Å². The average molecular weight is 493 g/mol. The predicted octanol–water partition coefficient (Wildman–Crippen LogP) is 3.74. The van der Waals surface area contributed by atoms with Gasteiger partial charge in [0, 0.05) is 29.3 Å². The number of Topliss-reactive ketones (excluding diaryl/α,β-unsaturated/α-hetero) is 1. The number of carbonyl (C=O) groups excluding carboxylic acids is 1. The number of benzene rings is 2. The maximum atomic E-state index is 13.8. The van der Waals surface area contributed by atoms with Crippen LogP contribution >= 0.6 is 0 Å². The highest BCUT2D eigenvalue weighted by atomic mass is 16.5. The molecule has 0 spiro atoms. The number of fused-ring (bicyclic) bond motifs is 1. The van der Waals surface area contributed by atoms with Crippen LogP contribution in [0.5, 0.6) is 28.7 Å². The third-order valence-electron chi connectivity index (χ3n) is 6.77. The Bertz CT molecular complexity index is 1350. The van der Waals surface area contributed by atoms with Crippen molar-refractivity contribution in [3.05, 3.63) is 59.1 Å². The molecule has 1 N–H and O–H groups in total. The van der Waals surface area contributed by atoms with E-state index in [2.05, 4.69) is 15.4 Å². The first-order valence-electron chi connectivity index (χ1n) is 11.5. The highest BCUT2D eigenvalue weighted by Crippen LogP contribution is 2.48. The lowest BCUT2D eigenvalue weighted by Crippen LogP contribution is -2.33. The number of methoxy groups -OCH3 is 5. The monoisotopic (exact) mass is 492 g/mol. The summed E-state index contributed by atoms with van der Waals surface area (Å²) in [4.78, 5) is 18.2. The molecule has 2 aromatic carbocycles. The zero-order valence-corrected chi connectivity index (χ0v) is 20.8. The molecule has 36 heavy (non-hydrogen) atoms. The molecule has 0 saturated heterocycles. The van der Waals surface area contributed by atoms with E-state index in [-0.39, 0.29) is 11.7 Å². The molecule has 0 radical (unpaired) electrons. The van der Waals surface area contributed by atoms with Crippen LogP contribution in [0.2, 0.25) is 0 Å². The van der Waals surface area contributed by atoms with Crippen LogP contribution in [0.25, 0.3) is 0 Å². The third-order valence-corrected chi connectivity index (χ3v) is 6.77. The Hall–Kier alpha value is -4.21. The first-order valence-corrected chi connectivity index (χ1v) is 11.5. The molecule has 3 aromatic rings. The Kier molecular flexibility index (Phi) is 6.17. The zero-order valence-electron chi connectivity index (χ0n) is 20.8. The maximum absolute atomic E-state index is 13.8. The minimum atomic E-state index is -0.535. The number of nitrogens with zero attached hydrogens (tertiary/aromatic N) is 3. The highest BCUT2D eigenvalue weighted by molar-refractivity contribution is 6.00. The summed E-state index contributed by atoms with van der Waals surface area (Å²) in [5.74, 6) is 3.43. The van der Waals surface area contributed by atoms with E-state index >= 15 is 0 Å². The molecule has 0 fully saturated rings. The van der Waals surface area contributed by atoms with E-state index in [0.29, 0.717) is 53.1 Å². The van der Waals surface area contributed by atoms with Gasteiger partial charge in [-0.15, -0.1) is 0 Å². The minimum absolute atomic E-state index is 0.0199. The molecule has 2 aliphatic rings. The summed E-state index contributed by atoms with van der Waals surface area (Å²) in [5, 5.41) is 7.78. The molecular formula is C26H28N4O6. The van der Waals surface area contributed by atoms with Crippen LogP contribution in [0.15, 0.2) is 47.9 Å². The molecule has 0 unspecified atom stereocenters. The summed E-state index contributed by atoms with van der Waals surface area (Å²) in [5.41, 5.74) is 3.18. The molecule has 0 bridgehead atoms. The SMILES string of the molecule is COc1ccc([C@H]2CC(=O)C3=C(C2)Nc2ncnn2[C@H]3c2cc(OC)c(OC)cc2OC)cc1OC. The summed E-state index contributed by atoms with van der Waals surface area (Å²) in [6.07, 6.45) is 2.43. The smallest absolute Gasteiger partial charge is 0.226 e. The molecule has 0 saturated carbocycles. The standard InChI is InChI=1S/C26H28N4O6/c1-32-19-7-6-14(10-21(19)34-3)15-8-17-24(18(31)9-15)25(30-26(29-17)27-13-28-30)16-11-22(35-4)23(36-5)12-20(16)33-2/h6-7,10-13,15,25H,8-9H2,1-5H3,(H,27,28,29)/t15-,25+/m1/s1. The molecule has 1 aromatic heterocycles. The largest absolute Gasteiger partial charge is 0.496 e. The first kappa shape index (κ1) is 23.5. The Labute approximate surface area is 208 Å². The van der Waals surface area contributed by atoms with Crippen molar-refractivity contribution >= 4 is 11.7 Å². The molecule has 2 heterocycles. The van der Waals surface area contributed by atoms with Crippen LogP contribution in [0.1, 0.15) is 35.9 Å². The number of aromatic nitrogens is 3. The van der Waals surface area contributed by atoms with Crippen molar-refractivity contribution in [3.63, 3.8) is 0 Å². The molecule has 10 heteroatoms. The lowest BCUT2D eigenvalue weighted by Gasteiger charge is -2.35. The van der Waals surface area contributed by atoms with Crippen molar-refractivity contribution in [2.45, 2.75) is 24.8 Å². The Morgan fingerprint density at radius 2 is 1.50 bits per heavy atom. The van der Waals surface area contributed by atoms with Gasteiger partial charge in [0.1, 0.15) is 18.1 Å². The van der Waals surface area contributed by atoms with Gasteiger partial charge in [-0.3, -0.25) is 4.79 Å². The second kappa shape index (κ2) is 9.44. The number of allylic oxidation sites excluding steroid dienone is 2. The number of hydrogen-bond donors (Lipinski definition) is 1. The average Bonchev–Trinajstić information content (AvgIpc) is 3.38. The molecule has 188 valence electrons. The van der Waals surface area contributed by atoms with Crippen molar-refractivity contribution < 1.29 is 28.5 Å². The summed E-state index contributed by atoms with van der Waals surface area (Å²) < 4.78 is 29.3. The van der Waals surface area contributed by atoms with Crippen LogP contribution in [0.4, 0.5) is 5.95 Å². The molecule has 10 nitrogen and oxygen atoms in total. The van der Waals surface area contributed by atoms with Gasteiger partial charge < -0.3 is 29.0 Å². The summed E-state index contributed by atoms with van der Waals surface area (Å²) in [6, 6.07) is 8.83. The molecule has 5 rings (SSSR count). The lowest BCUT2D eigenvalue weighted by molar-refractivity contribution is -0.116. The first-order chi connectivity index (χ1) is 17.5. The summed E-state index contributed by atoms with van der Waals surface area (Å²) in [6.45, 7) is 0. The van der Waals surface area contributed by atoms with Gasteiger partial charge in [-0.05, 0) is 36.1 Å². The van der Waals surface area contributed by atoms with Crippen molar-refractivity contribution in [1.82, 2.24) is 14.8 Å². The Morgan fingerprint density at radius 1 is 0.833 bits per heavy atom. The van der Waals surface area contributed by atoms with Crippen LogP contribution in [-0.4, -0.2) is 56.1 Å². The lowest BCUT2D eigenvalue weighted by atomic mass is 9.77. The van der Waals surface area contributed by atoms with E-state index < -0.39 is 6.04 Å². The van der Waals surface area contributed by atoms with E-state index in [1.165, 1.54) is 6.33 Å². The van der Waals surface area contributed by atoms with Crippen LogP contribution < -0.4 is 29.0 Å². The topological polar surface area (TPSA) is 106 Å². The van der Waals surface area contributed by atoms with Crippen molar-refractivity contribution in [1.29, 1.82) is 0 Å². The van der Waals surface area contributed by atoms with Gasteiger partial charge in [-0.2, -0.15) is 10.1 Å². The predicted molar refractivity (Wildman–Crippen MR) is 131 cm³/mol. The van der Waals surface area contributed by atoms with Crippen molar-refractivity contribution in [2.24, 2.45) is 0 Å². The van der Waals surface area contributed by atoms with Crippen molar-refractivity contribution in [2.75, 3.05) is 40.9 Å². The van der Waals surface area contributed by atoms with Gasteiger partial charge in [-0.1, -0.05) is 6.07 Å². The van der Waals surface area contributed by atoms with E-state index in [0.717, 1.165) is 16.8 Å². The Balaban J connectivity index is 1.61. The molecule has 2 atom stereocenters. The maximum Gasteiger partial charge on any atom is 0.226 e. The number of carbonyl (C=O) groups is 1. The molecule has 1 aliphatic heterocycles. The van der Waals surface area contributed by atoms with Crippen LogP contribution in [0.3, 0.4) is 0 Å². The van der Waals surface area contributed by atoms with Gasteiger partial charge >= 0.3 is 0 Å². The number of ketones is 1. The molecule has 1 aliphatic carbocycles. The minimum Gasteiger partial charge on any atom is -0.496 e. The fourth-order valence-electron chi connectivity index (χ4n) is 5.05. The highest BCUT2D eigenvalue weighted by Gasteiger charge is 2.41. The number of anilines is 1. The van der Waals surface area contributed by atoms with Gasteiger partial charge in [0.15, 0.2) is 28.8 Å². The summed E-state index contributed by atoms with van der Waals surface area (Å²) in [7, 11) is 7.92. The molecular weight excluding hydrogens is 464 g/mol. The summed E-state index contributed by atoms with van der Waals surface area (Å²) >= 11 is 0. The third kappa shape index (κ3) is 3.78. The zero-order chi connectivity index (χ0) is 25.4. The van der Waals surface area contributed by atoms with E-state index in [4.69, 9.17) is 23.7 Å².